The second-order valence-electron chi connectivity index (χ2n) is 5.40. The summed E-state index contributed by atoms with van der Waals surface area (Å²) in [6.45, 7) is 12.5. The van der Waals surface area contributed by atoms with Gasteiger partial charge in [-0.1, -0.05) is 20.8 Å². The molecule has 1 fully saturated rings. The lowest BCUT2D eigenvalue weighted by atomic mass is 10.1. The van der Waals surface area contributed by atoms with Crippen molar-refractivity contribution in [1.82, 2.24) is 4.90 Å². The molecule has 17 heavy (non-hydrogen) atoms. The van der Waals surface area contributed by atoms with E-state index in [1.165, 1.54) is 19.4 Å². The van der Waals surface area contributed by atoms with Gasteiger partial charge in [0.2, 0.25) is 0 Å². The summed E-state index contributed by atoms with van der Waals surface area (Å²) < 4.78 is 11.3. The van der Waals surface area contributed by atoms with Crippen molar-refractivity contribution < 1.29 is 9.47 Å². The maximum Gasteiger partial charge on any atom is 0.0935 e. The molecule has 0 spiro atoms. The van der Waals surface area contributed by atoms with Gasteiger partial charge in [-0.25, -0.2) is 0 Å². The van der Waals surface area contributed by atoms with Crippen molar-refractivity contribution in [2.75, 3.05) is 39.5 Å². The fourth-order valence-electron chi connectivity index (χ4n) is 2.17. The van der Waals surface area contributed by atoms with Crippen LogP contribution in [0.4, 0.5) is 0 Å². The molecule has 0 bridgehead atoms. The minimum Gasteiger partial charge on any atom is -0.379 e. The third-order valence-corrected chi connectivity index (χ3v) is 3.13. The van der Waals surface area contributed by atoms with E-state index in [0.717, 1.165) is 45.2 Å². The zero-order valence-electron chi connectivity index (χ0n) is 11.8. The number of hydrogen-bond donors (Lipinski definition) is 0. The highest BCUT2D eigenvalue weighted by molar-refractivity contribution is 4.71. The van der Waals surface area contributed by atoms with Gasteiger partial charge in [-0.2, -0.15) is 0 Å². The first-order valence-corrected chi connectivity index (χ1v) is 7.14. The van der Waals surface area contributed by atoms with Gasteiger partial charge in [-0.15, -0.1) is 0 Å². The molecule has 0 amide bonds. The Hall–Kier alpha value is -0.120. The average molecular weight is 243 g/mol. The SMILES string of the molecule is CCCOCC1CN(CCCC(C)C)CCO1. The molecule has 0 aliphatic carbocycles. The van der Waals surface area contributed by atoms with Gasteiger partial charge < -0.3 is 9.47 Å². The number of nitrogens with zero attached hydrogens (tertiary/aromatic N) is 1. The summed E-state index contributed by atoms with van der Waals surface area (Å²) >= 11 is 0. The summed E-state index contributed by atoms with van der Waals surface area (Å²) in [6, 6.07) is 0. The van der Waals surface area contributed by atoms with E-state index in [1.54, 1.807) is 0 Å². The predicted molar refractivity (Wildman–Crippen MR) is 71.4 cm³/mol. The van der Waals surface area contributed by atoms with Crippen LogP contribution >= 0.6 is 0 Å². The maximum absolute atomic E-state index is 5.72. The van der Waals surface area contributed by atoms with Crippen molar-refractivity contribution in [3.8, 4) is 0 Å². The van der Waals surface area contributed by atoms with E-state index < -0.39 is 0 Å². The van der Waals surface area contributed by atoms with E-state index >= 15 is 0 Å². The minimum absolute atomic E-state index is 0.286. The highest BCUT2D eigenvalue weighted by Crippen LogP contribution is 2.09. The van der Waals surface area contributed by atoms with E-state index in [4.69, 9.17) is 9.47 Å². The quantitative estimate of drug-likeness (QED) is 0.612. The molecule has 0 aromatic heterocycles. The summed E-state index contributed by atoms with van der Waals surface area (Å²) in [5.41, 5.74) is 0. The van der Waals surface area contributed by atoms with Crippen molar-refractivity contribution in [1.29, 1.82) is 0 Å². The molecule has 3 nitrogen and oxygen atoms in total. The highest BCUT2D eigenvalue weighted by atomic mass is 16.5. The Morgan fingerprint density at radius 1 is 1.41 bits per heavy atom. The fourth-order valence-corrected chi connectivity index (χ4v) is 2.17. The van der Waals surface area contributed by atoms with Crippen LogP contribution < -0.4 is 0 Å². The second-order valence-corrected chi connectivity index (χ2v) is 5.40. The third-order valence-electron chi connectivity index (χ3n) is 3.13. The monoisotopic (exact) mass is 243 g/mol. The van der Waals surface area contributed by atoms with Crippen molar-refractivity contribution in [3.05, 3.63) is 0 Å². The summed E-state index contributed by atoms with van der Waals surface area (Å²) in [6.07, 6.45) is 4.01. The molecule has 0 aromatic rings. The lowest BCUT2D eigenvalue weighted by Gasteiger charge is -2.32. The van der Waals surface area contributed by atoms with Crippen LogP contribution in [0.15, 0.2) is 0 Å². The normalized spacial score (nSPS) is 22.2. The molecule has 1 aliphatic rings. The molecule has 3 heteroatoms. The van der Waals surface area contributed by atoms with Crippen LogP contribution in [0.25, 0.3) is 0 Å². The van der Waals surface area contributed by atoms with Crippen LogP contribution in [0.2, 0.25) is 0 Å². The smallest absolute Gasteiger partial charge is 0.0935 e. The molecule has 0 radical (unpaired) electrons. The zero-order valence-corrected chi connectivity index (χ0v) is 11.8. The molecule has 1 unspecified atom stereocenters. The molecule has 0 N–H and O–H groups in total. The van der Waals surface area contributed by atoms with E-state index in [9.17, 15) is 0 Å². The van der Waals surface area contributed by atoms with Gasteiger partial charge in [0.1, 0.15) is 0 Å². The Kier molecular flexibility index (Phi) is 7.82. The number of morpholine rings is 1. The molecular weight excluding hydrogens is 214 g/mol. The average Bonchev–Trinajstić information content (AvgIpc) is 2.29. The van der Waals surface area contributed by atoms with Gasteiger partial charge in [0.25, 0.3) is 0 Å². The fraction of sp³-hybridized carbons (Fsp3) is 1.00. The van der Waals surface area contributed by atoms with Gasteiger partial charge >= 0.3 is 0 Å². The van der Waals surface area contributed by atoms with Gasteiger partial charge in [0.05, 0.1) is 19.3 Å². The standard InChI is InChI=1S/C14H29NO2/c1-4-9-16-12-14-11-15(8-10-17-14)7-5-6-13(2)3/h13-14H,4-12H2,1-3H3. The van der Waals surface area contributed by atoms with Gasteiger partial charge in [0, 0.05) is 19.7 Å². The minimum atomic E-state index is 0.286. The number of ether oxygens (including phenoxy) is 2. The maximum atomic E-state index is 5.72. The lowest BCUT2D eigenvalue weighted by Crippen LogP contribution is -2.44. The van der Waals surface area contributed by atoms with Gasteiger partial charge in [-0.3, -0.25) is 4.90 Å². The second kappa shape index (κ2) is 8.90. The Morgan fingerprint density at radius 3 is 2.94 bits per heavy atom. The van der Waals surface area contributed by atoms with Crippen molar-refractivity contribution in [3.63, 3.8) is 0 Å². The van der Waals surface area contributed by atoms with Crippen LogP contribution in [0, 0.1) is 5.92 Å². The highest BCUT2D eigenvalue weighted by Gasteiger charge is 2.19. The van der Waals surface area contributed by atoms with Crippen LogP contribution in [0.1, 0.15) is 40.0 Å². The van der Waals surface area contributed by atoms with Crippen LogP contribution in [-0.2, 0) is 9.47 Å². The third kappa shape index (κ3) is 7.02. The first-order chi connectivity index (χ1) is 8.22. The molecule has 0 aromatic carbocycles. The largest absolute Gasteiger partial charge is 0.379 e. The van der Waals surface area contributed by atoms with E-state index in [0.29, 0.717) is 0 Å². The molecular formula is C14H29NO2. The molecule has 1 atom stereocenters. The first kappa shape index (κ1) is 14.9. The van der Waals surface area contributed by atoms with E-state index in [-0.39, 0.29) is 6.10 Å². The zero-order chi connectivity index (χ0) is 12.5. The summed E-state index contributed by atoms with van der Waals surface area (Å²) in [7, 11) is 0. The molecule has 1 heterocycles. The van der Waals surface area contributed by atoms with E-state index in [1.807, 2.05) is 0 Å². The van der Waals surface area contributed by atoms with E-state index in [2.05, 4.69) is 25.7 Å². The van der Waals surface area contributed by atoms with Gasteiger partial charge in [0.15, 0.2) is 0 Å². The van der Waals surface area contributed by atoms with Crippen molar-refractivity contribution >= 4 is 0 Å². The van der Waals surface area contributed by atoms with Crippen LogP contribution in [0.3, 0.4) is 0 Å². The van der Waals surface area contributed by atoms with Crippen molar-refractivity contribution in [2.24, 2.45) is 5.92 Å². The Balaban J connectivity index is 2.10. The first-order valence-electron chi connectivity index (χ1n) is 7.14. The Morgan fingerprint density at radius 2 is 2.24 bits per heavy atom. The Labute approximate surface area is 106 Å². The predicted octanol–water partition coefficient (Wildman–Crippen LogP) is 2.55. The topological polar surface area (TPSA) is 21.7 Å². The van der Waals surface area contributed by atoms with Crippen molar-refractivity contribution in [2.45, 2.75) is 46.1 Å². The molecule has 102 valence electrons. The van der Waals surface area contributed by atoms with Gasteiger partial charge in [-0.05, 0) is 31.7 Å². The molecule has 1 rings (SSSR count). The lowest BCUT2D eigenvalue weighted by molar-refractivity contribution is -0.0692. The number of hydrogen-bond acceptors (Lipinski definition) is 3. The summed E-state index contributed by atoms with van der Waals surface area (Å²) in [5.74, 6) is 0.819. The molecule has 1 aliphatic heterocycles. The Bertz CT molecular complexity index is 185. The van der Waals surface area contributed by atoms with Crippen LogP contribution in [0.5, 0.6) is 0 Å². The molecule has 1 saturated heterocycles. The number of rotatable bonds is 8. The molecule has 0 saturated carbocycles. The summed E-state index contributed by atoms with van der Waals surface area (Å²) in [4.78, 5) is 2.52. The summed E-state index contributed by atoms with van der Waals surface area (Å²) in [5, 5.41) is 0. The van der Waals surface area contributed by atoms with Crippen LogP contribution in [-0.4, -0.2) is 50.5 Å².